The van der Waals surface area contributed by atoms with Crippen LogP contribution in [0.5, 0.6) is 5.75 Å². The van der Waals surface area contributed by atoms with E-state index in [9.17, 15) is 14.8 Å². The van der Waals surface area contributed by atoms with Crippen molar-refractivity contribution < 1.29 is 19.5 Å². The molecule has 6 nitrogen and oxygen atoms in total. The number of hydrogen-bond acceptors (Lipinski definition) is 4. The number of nitrogens with one attached hydrogen (secondary N) is 1. The number of ether oxygens (including phenoxy) is 1. The molecule has 0 aliphatic rings. The Kier molecular flexibility index (Phi) is 7.44. The number of rotatable bonds is 8. The molecule has 2 N–H and O–H groups in total. The van der Waals surface area contributed by atoms with E-state index >= 15 is 0 Å². The van der Waals surface area contributed by atoms with Crippen molar-refractivity contribution in [1.29, 1.82) is 0 Å². The third-order valence-electron chi connectivity index (χ3n) is 2.62. The van der Waals surface area contributed by atoms with Crippen LogP contribution in [0, 0.1) is 3.57 Å². The number of amides is 2. The monoisotopic (exact) mass is 406 g/mol. The molecule has 0 saturated carbocycles. The van der Waals surface area contributed by atoms with Crippen molar-refractivity contribution in [3.63, 3.8) is 0 Å². The highest BCUT2D eigenvalue weighted by molar-refractivity contribution is 14.1. The summed E-state index contributed by atoms with van der Waals surface area (Å²) >= 11 is 2.10. The van der Waals surface area contributed by atoms with Gasteiger partial charge in [-0.1, -0.05) is 13.3 Å². The Morgan fingerprint density at radius 3 is 2.81 bits per heavy atom. The normalized spacial score (nSPS) is 10.1. The van der Waals surface area contributed by atoms with Gasteiger partial charge in [0.05, 0.1) is 22.4 Å². The summed E-state index contributed by atoms with van der Waals surface area (Å²) in [6.45, 7) is 4.10. The first-order valence-electron chi connectivity index (χ1n) is 6.61. The van der Waals surface area contributed by atoms with Crippen LogP contribution in [0.2, 0.25) is 0 Å². The molecule has 2 amide bonds. The molecular weight excluding hydrogens is 387 g/mol. The highest BCUT2D eigenvalue weighted by Gasteiger charge is 2.13. The van der Waals surface area contributed by atoms with Crippen LogP contribution in [-0.4, -0.2) is 29.2 Å². The maximum atomic E-state index is 11.3. The van der Waals surface area contributed by atoms with Crippen molar-refractivity contribution in [3.8, 4) is 5.75 Å². The van der Waals surface area contributed by atoms with E-state index in [2.05, 4.69) is 34.8 Å². The largest absolute Gasteiger partial charge is 0.490 e. The molecule has 7 heteroatoms. The van der Waals surface area contributed by atoms with E-state index in [4.69, 9.17) is 4.74 Å². The molecule has 0 fully saturated rings. The highest BCUT2D eigenvalue weighted by Crippen LogP contribution is 2.32. The quantitative estimate of drug-likeness (QED) is 0.229. The fourth-order valence-corrected chi connectivity index (χ4v) is 2.56. The molecule has 0 aliphatic heterocycles. The lowest BCUT2D eigenvalue weighted by atomic mass is 10.1. The summed E-state index contributed by atoms with van der Waals surface area (Å²) in [6.07, 6.45) is 2.27. The van der Waals surface area contributed by atoms with Crippen molar-refractivity contribution in [2.24, 2.45) is 0 Å². The summed E-state index contributed by atoms with van der Waals surface area (Å²) in [4.78, 5) is 21.8. The van der Waals surface area contributed by atoms with Crippen LogP contribution in [0.3, 0.4) is 0 Å². The summed E-state index contributed by atoms with van der Waals surface area (Å²) < 4.78 is 6.54. The zero-order valence-electron chi connectivity index (χ0n) is 12.1. The van der Waals surface area contributed by atoms with Gasteiger partial charge in [0.1, 0.15) is 0 Å². The fraction of sp³-hybridized carbons (Fsp3) is 0.429. The minimum Gasteiger partial charge on any atom is -0.490 e. The average molecular weight is 406 g/mol. The molecule has 0 spiro atoms. The SMILES string of the molecule is CCCCOc1c(I)cc(CN(O)C=O)cc1NC(C)=O. The van der Waals surface area contributed by atoms with Gasteiger partial charge < -0.3 is 10.1 Å². The topological polar surface area (TPSA) is 78.9 Å². The summed E-state index contributed by atoms with van der Waals surface area (Å²) in [5, 5.41) is 12.5. The Bertz CT molecular complexity index is 508. The first kappa shape index (κ1) is 17.7. The van der Waals surface area contributed by atoms with Gasteiger partial charge in [-0.25, -0.2) is 5.06 Å². The molecule has 0 radical (unpaired) electrons. The van der Waals surface area contributed by atoms with E-state index in [-0.39, 0.29) is 12.5 Å². The first-order chi connectivity index (χ1) is 9.97. The van der Waals surface area contributed by atoms with Gasteiger partial charge in [-0.2, -0.15) is 0 Å². The van der Waals surface area contributed by atoms with Crippen molar-refractivity contribution in [2.45, 2.75) is 33.2 Å². The van der Waals surface area contributed by atoms with E-state index in [1.807, 2.05) is 0 Å². The van der Waals surface area contributed by atoms with Crippen molar-refractivity contribution >= 4 is 40.6 Å². The Balaban J connectivity index is 3.04. The zero-order valence-corrected chi connectivity index (χ0v) is 14.2. The summed E-state index contributed by atoms with van der Waals surface area (Å²) in [7, 11) is 0. The van der Waals surface area contributed by atoms with E-state index in [0.29, 0.717) is 35.1 Å². The molecule has 0 aliphatic carbocycles. The van der Waals surface area contributed by atoms with Gasteiger partial charge in [0, 0.05) is 6.92 Å². The second-order valence-corrected chi connectivity index (χ2v) is 5.70. The number of anilines is 1. The molecule has 1 aromatic carbocycles. The second kappa shape index (κ2) is 8.83. The molecule has 0 heterocycles. The zero-order chi connectivity index (χ0) is 15.8. The van der Waals surface area contributed by atoms with Gasteiger partial charge in [-0.05, 0) is 46.7 Å². The third-order valence-corrected chi connectivity index (χ3v) is 3.43. The third kappa shape index (κ3) is 5.88. The van der Waals surface area contributed by atoms with Crippen molar-refractivity contribution in [3.05, 3.63) is 21.3 Å². The van der Waals surface area contributed by atoms with Gasteiger partial charge in [-0.15, -0.1) is 0 Å². The van der Waals surface area contributed by atoms with Crippen LogP contribution in [0.4, 0.5) is 5.69 Å². The predicted molar refractivity (Wildman–Crippen MR) is 87.3 cm³/mol. The molecule has 21 heavy (non-hydrogen) atoms. The number of hydroxylamine groups is 2. The van der Waals surface area contributed by atoms with E-state index in [1.54, 1.807) is 12.1 Å². The second-order valence-electron chi connectivity index (χ2n) is 4.54. The molecule has 0 saturated heterocycles. The lowest BCUT2D eigenvalue weighted by Crippen LogP contribution is -2.17. The van der Waals surface area contributed by atoms with Gasteiger partial charge in [0.25, 0.3) is 0 Å². The molecule has 0 atom stereocenters. The van der Waals surface area contributed by atoms with Gasteiger partial charge in [-0.3, -0.25) is 14.8 Å². The van der Waals surface area contributed by atoms with Crippen LogP contribution >= 0.6 is 22.6 Å². The van der Waals surface area contributed by atoms with Crippen LogP contribution in [0.25, 0.3) is 0 Å². The number of unbranched alkanes of at least 4 members (excludes halogenated alkanes) is 1. The lowest BCUT2D eigenvalue weighted by Gasteiger charge is -2.16. The molecule has 0 bridgehead atoms. The molecular formula is C14H19IN2O4. The maximum Gasteiger partial charge on any atom is 0.233 e. The number of nitrogens with zero attached hydrogens (tertiary/aromatic N) is 1. The Hall–Kier alpha value is -1.35. The van der Waals surface area contributed by atoms with Crippen LogP contribution in [0.15, 0.2) is 12.1 Å². The molecule has 1 rings (SSSR count). The van der Waals surface area contributed by atoms with Gasteiger partial charge in [0.2, 0.25) is 12.3 Å². The van der Waals surface area contributed by atoms with Crippen LogP contribution in [0.1, 0.15) is 32.3 Å². The number of carbonyl (C=O) groups excluding carboxylic acids is 2. The van der Waals surface area contributed by atoms with Gasteiger partial charge >= 0.3 is 0 Å². The molecule has 0 aromatic heterocycles. The minimum absolute atomic E-state index is 0.0430. The Labute approximate surface area is 137 Å². The number of halogens is 1. The summed E-state index contributed by atoms with van der Waals surface area (Å²) in [5.41, 5.74) is 1.24. The first-order valence-corrected chi connectivity index (χ1v) is 7.69. The van der Waals surface area contributed by atoms with Crippen molar-refractivity contribution in [2.75, 3.05) is 11.9 Å². The molecule has 0 unspecified atom stereocenters. The minimum atomic E-state index is -0.209. The lowest BCUT2D eigenvalue weighted by molar-refractivity contribution is -0.152. The van der Waals surface area contributed by atoms with E-state index < -0.39 is 0 Å². The molecule has 1 aromatic rings. The number of benzene rings is 1. The maximum absolute atomic E-state index is 11.3. The van der Waals surface area contributed by atoms with E-state index in [0.717, 1.165) is 16.4 Å². The number of hydrogen-bond donors (Lipinski definition) is 2. The number of carbonyl (C=O) groups is 2. The standard InChI is InChI=1S/C14H19IN2O4/c1-3-4-5-21-14-12(15)6-11(8-17(20)9-18)7-13(14)16-10(2)19/h6-7,9,20H,3-5,8H2,1-2H3,(H,16,19). The average Bonchev–Trinajstić information content (AvgIpc) is 2.41. The van der Waals surface area contributed by atoms with Crippen LogP contribution < -0.4 is 10.1 Å². The predicted octanol–water partition coefficient (Wildman–Crippen LogP) is 2.78. The molecule has 116 valence electrons. The highest BCUT2D eigenvalue weighted by atomic mass is 127. The Morgan fingerprint density at radius 1 is 1.52 bits per heavy atom. The fourth-order valence-electron chi connectivity index (χ4n) is 1.71. The summed E-state index contributed by atoms with van der Waals surface area (Å²) in [6, 6.07) is 3.50. The smallest absolute Gasteiger partial charge is 0.233 e. The van der Waals surface area contributed by atoms with Crippen molar-refractivity contribution in [1.82, 2.24) is 5.06 Å². The van der Waals surface area contributed by atoms with Crippen LogP contribution in [-0.2, 0) is 16.1 Å². The summed E-state index contributed by atoms with van der Waals surface area (Å²) in [5.74, 6) is 0.401. The van der Waals surface area contributed by atoms with Gasteiger partial charge in [0.15, 0.2) is 5.75 Å². The Morgan fingerprint density at radius 2 is 2.24 bits per heavy atom. The van der Waals surface area contributed by atoms with E-state index in [1.165, 1.54) is 6.92 Å².